The molecule has 4 aliphatic rings. The quantitative estimate of drug-likeness (QED) is 0.373. The molecule has 0 heterocycles. The van der Waals surface area contributed by atoms with E-state index in [9.17, 15) is 0 Å². The third-order valence-corrected chi connectivity index (χ3v) is 9.90. The van der Waals surface area contributed by atoms with E-state index in [2.05, 4.69) is 53.3 Å². The molecule has 0 nitrogen and oxygen atoms in total. The second kappa shape index (κ2) is 11.6. The molecule has 2 fully saturated rings. The van der Waals surface area contributed by atoms with Crippen LogP contribution in [0.1, 0.15) is 127 Å². The Kier molecular flexibility index (Phi) is 9.93. The Bertz CT molecular complexity index is 676. The summed E-state index contributed by atoms with van der Waals surface area (Å²) in [5.41, 5.74) is 6.03. The molecule has 32 heavy (non-hydrogen) atoms. The SMILES string of the molecule is C=C(CCCC1CCC2C3=CCC4C(C)CCCC4(C)C3=CCC12C)C(C)C.CC.CC. The normalized spacial score (nSPS) is 37.4. The molecule has 0 heteroatoms. The summed E-state index contributed by atoms with van der Waals surface area (Å²) in [6, 6.07) is 0. The maximum atomic E-state index is 4.30. The molecule has 2 saturated carbocycles. The summed E-state index contributed by atoms with van der Waals surface area (Å²) in [5.74, 6) is 4.18. The smallest absolute Gasteiger partial charge is 0.00420 e. The molecule has 4 rings (SSSR count). The molecule has 0 spiro atoms. The van der Waals surface area contributed by atoms with Gasteiger partial charge in [0.1, 0.15) is 0 Å². The predicted molar refractivity (Wildman–Crippen MR) is 145 cm³/mol. The third-order valence-electron chi connectivity index (χ3n) is 9.90. The van der Waals surface area contributed by atoms with Crippen LogP contribution in [0.4, 0.5) is 0 Å². The zero-order valence-electron chi connectivity index (χ0n) is 23.3. The molecule has 0 bridgehead atoms. The lowest BCUT2D eigenvalue weighted by atomic mass is 9.50. The van der Waals surface area contributed by atoms with Crippen molar-refractivity contribution in [1.29, 1.82) is 0 Å². The summed E-state index contributed by atoms with van der Waals surface area (Å²) in [6.45, 7) is 24.7. The van der Waals surface area contributed by atoms with E-state index in [1.807, 2.05) is 27.7 Å². The van der Waals surface area contributed by atoms with E-state index in [-0.39, 0.29) is 0 Å². The minimum atomic E-state index is 0.468. The van der Waals surface area contributed by atoms with Gasteiger partial charge in [0.15, 0.2) is 0 Å². The summed E-state index contributed by atoms with van der Waals surface area (Å²) in [6.07, 6.45) is 19.3. The molecule has 0 saturated heterocycles. The number of rotatable bonds is 5. The van der Waals surface area contributed by atoms with Gasteiger partial charge in [0.05, 0.1) is 0 Å². The fraction of sp³-hybridized carbons (Fsp3) is 0.812. The summed E-state index contributed by atoms with van der Waals surface area (Å²) in [4.78, 5) is 0. The summed E-state index contributed by atoms with van der Waals surface area (Å²) in [7, 11) is 0. The first kappa shape index (κ1) is 27.5. The number of hydrogen-bond donors (Lipinski definition) is 0. The van der Waals surface area contributed by atoms with Crippen LogP contribution in [0.5, 0.6) is 0 Å². The fourth-order valence-corrected chi connectivity index (χ4v) is 7.80. The van der Waals surface area contributed by atoms with Crippen molar-refractivity contribution < 1.29 is 0 Å². The van der Waals surface area contributed by atoms with Crippen LogP contribution in [0.3, 0.4) is 0 Å². The molecule has 6 atom stereocenters. The van der Waals surface area contributed by atoms with Crippen LogP contribution in [-0.4, -0.2) is 0 Å². The molecule has 0 aromatic carbocycles. The van der Waals surface area contributed by atoms with Crippen molar-refractivity contribution in [3.05, 3.63) is 35.5 Å². The molecule has 6 unspecified atom stereocenters. The van der Waals surface area contributed by atoms with E-state index in [1.165, 1.54) is 69.8 Å². The van der Waals surface area contributed by atoms with Crippen molar-refractivity contribution in [2.75, 3.05) is 0 Å². The summed E-state index contributed by atoms with van der Waals surface area (Å²) < 4.78 is 0. The summed E-state index contributed by atoms with van der Waals surface area (Å²) in [5, 5.41) is 0. The van der Waals surface area contributed by atoms with Gasteiger partial charge < -0.3 is 0 Å². The van der Waals surface area contributed by atoms with Crippen molar-refractivity contribution in [2.45, 2.75) is 127 Å². The van der Waals surface area contributed by atoms with Crippen LogP contribution in [0.25, 0.3) is 0 Å². The van der Waals surface area contributed by atoms with Gasteiger partial charge in [-0.2, -0.15) is 0 Å². The Balaban J connectivity index is 0.000000860. The van der Waals surface area contributed by atoms with E-state index >= 15 is 0 Å². The molecule has 184 valence electrons. The minimum Gasteiger partial charge on any atom is -0.0996 e. The molecule has 0 N–H and O–H groups in total. The predicted octanol–water partition coefficient (Wildman–Crippen LogP) is 10.6. The first-order valence-electron chi connectivity index (χ1n) is 14.4. The van der Waals surface area contributed by atoms with Gasteiger partial charge in [0.25, 0.3) is 0 Å². The largest absolute Gasteiger partial charge is 0.0996 e. The highest BCUT2D eigenvalue weighted by Gasteiger charge is 2.54. The fourth-order valence-electron chi connectivity index (χ4n) is 7.80. The molecule has 0 aliphatic heterocycles. The van der Waals surface area contributed by atoms with Crippen LogP contribution in [0, 0.1) is 40.4 Å². The number of fused-ring (bicyclic) bond motifs is 5. The van der Waals surface area contributed by atoms with E-state index in [1.54, 1.807) is 11.1 Å². The average molecular weight is 441 g/mol. The monoisotopic (exact) mass is 440 g/mol. The lowest BCUT2D eigenvalue weighted by Gasteiger charge is -2.54. The van der Waals surface area contributed by atoms with Crippen LogP contribution in [0.2, 0.25) is 0 Å². The van der Waals surface area contributed by atoms with Gasteiger partial charge in [0.2, 0.25) is 0 Å². The highest BCUT2D eigenvalue weighted by molar-refractivity contribution is 5.46. The standard InChI is InChI=1S/C28H44.2C2H6/c1-19(2)20(3)9-7-11-22-12-14-25-23-13-15-24-21(4)10-8-17-28(24,6)26(23)16-18-27(22,25)5;2*1-2/h13,16,19,21-22,24-25H,3,7-12,14-15,17-18H2,1-2,4-6H3;2*1-2H3. The maximum Gasteiger partial charge on any atom is -0.00420 e. The van der Waals surface area contributed by atoms with Gasteiger partial charge in [0, 0.05) is 0 Å². The maximum absolute atomic E-state index is 4.30. The van der Waals surface area contributed by atoms with Crippen molar-refractivity contribution >= 4 is 0 Å². The van der Waals surface area contributed by atoms with Crippen LogP contribution in [-0.2, 0) is 0 Å². The van der Waals surface area contributed by atoms with Crippen LogP contribution >= 0.6 is 0 Å². The Labute approximate surface area is 202 Å². The van der Waals surface area contributed by atoms with Gasteiger partial charge in [-0.1, -0.05) is 99.5 Å². The lowest BCUT2D eigenvalue weighted by Crippen LogP contribution is -2.44. The van der Waals surface area contributed by atoms with Gasteiger partial charge in [-0.3, -0.25) is 0 Å². The van der Waals surface area contributed by atoms with Crippen molar-refractivity contribution in [1.82, 2.24) is 0 Å². The van der Waals surface area contributed by atoms with Gasteiger partial charge in [-0.05, 0) is 103 Å². The van der Waals surface area contributed by atoms with Crippen molar-refractivity contribution in [3.63, 3.8) is 0 Å². The first-order valence-corrected chi connectivity index (χ1v) is 14.4. The molecule has 4 aliphatic carbocycles. The Morgan fingerprint density at radius 1 is 1.06 bits per heavy atom. The van der Waals surface area contributed by atoms with Crippen molar-refractivity contribution in [3.8, 4) is 0 Å². The molecule has 0 aromatic heterocycles. The first-order chi connectivity index (χ1) is 15.3. The average Bonchev–Trinajstić information content (AvgIpc) is 3.12. The molecule has 0 amide bonds. The second-order valence-electron chi connectivity index (χ2n) is 11.6. The third kappa shape index (κ3) is 5.00. The number of hydrogen-bond acceptors (Lipinski definition) is 0. The van der Waals surface area contributed by atoms with E-state index in [0.29, 0.717) is 16.7 Å². The zero-order chi connectivity index (χ0) is 24.1. The Morgan fingerprint density at radius 2 is 1.75 bits per heavy atom. The van der Waals surface area contributed by atoms with Gasteiger partial charge >= 0.3 is 0 Å². The van der Waals surface area contributed by atoms with E-state index in [4.69, 9.17) is 0 Å². The van der Waals surface area contributed by atoms with Gasteiger partial charge in [-0.25, -0.2) is 0 Å². The van der Waals surface area contributed by atoms with Crippen LogP contribution in [0.15, 0.2) is 35.5 Å². The Morgan fingerprint density at radius 3 is 2.41 bits per heavy atom. The van der Waals surface area contributed by atoms with E-state index in [0.717, 1.165) is 23.7 Å². The highest BCUT2D eigenvalue weighted by atomic mass is 14.6. The molecule has 0 aromatic rings. The van der Waals surface area contributed by atoms with Crippen molar-refractivity contribution in [2.24, 2.45) is 40.4 Å². The topological polar surface area (TPSA) is 0 Å². The molecular weight excluding hydrogens is 384 g/mol. The van der Waals surface area contributed by atoms with E-state index < -0.39 is 0 Å². The molecule has 0 radical (unpaired) electrons. The molecular formula is C32H56. The number of allylic oxidation sites excluding steroid dienone is 5. The van der Waals surface area contributed by atoms with Gasteiger partial charge in [-0.15, -0.1) is 0 Å². The minimum absolute atomic E-state index is 0.468. The zero-order valence-corrected chi connectivity index (χ0v) is 23.3. The lowest BCUT2D eigenvalue weighted by molar-refractivity contribution is 0.0834. The van der Waals surface area contributed by atoms with Crippen LogP contribution < -0.4 is 0 Å². The Hall–Kier alpha value is -0.780. The second-order valence-corrected chi connectivity index (χ2v) is 11.6. The highest BCUT2D eigenvalue weighted by Crippen LogP contribution is 2.64. The summed E-state index contributed by atoms with van der Waals surface area (Å²) >= 11 is 0.